The van der Waals surface area contributed by atoms with Crippen molar-refractivity contribution in [3.8, 4) is 0 Å². The zero-order valence-corrected chi connectivity index (χ0v) is 13.0. The van der Waals surface area contributed by atoms with Crippen LogP contribution in [0, 0.1) is 6.92 Å². The Balaban J connectivity index is 2.58. The van der Waals surface area contributed by atoms with E-state index in [4.69, 9.17) is 5.73 Å². The summed E-state index contributed by atoms with van der Waals surface area (Å²) >= 11 is 0. The summed E-state index contributed by atoms with van der Waals surface area (Å²) in [6.07, 6.45) is 1.41. The van der Waals surface area contributed by atoms with Gasteiger partial charge in [0.25, 0.3) is 0 Å². The molecule has 0 saturated carbocycles. The molecule has 114 valence electrons. The lowest BCUT2D eigenvalue weighted by Crippen LogP contribution is -2.29. The third kappa shape index (κ3) is 5.45. The molecular weight excluding hydrogens is 302 g/mol. The lowest BCUT2D eigenvalue weighted by Gasteiger charge is -2.10. The van der Waals surface area contributed by atoms with Gasteiger partial charge >= 0.3 is 0 Å². The third-order valence-electron chi connectivity index (χ3n) is 2.50. The Labute approximate surface area is 119 Å². The Morgan fingerprint density at radius 1 is 1.10 bits per heavy atom. The number of hydrogen-bond donors (Lipinski definition) is 3. The van der Waals surface area contributed by atoms with Crippen LogP contribution in [0.5, 0.6) is 0 Å². The first kappa shape index (κ1) is 16.9. The maximum atomic E-state index is 12.0. The number of anilines is 1. The maximum absolute atomic E-state index is 12.0. The molecule has 0 unspecified atom stereocenters. The van der Waals surface area contributed by atoms with E-state index < -0.39 is 20.0 Å². The van der Waals surface area contributed by atoms with Gasteiger partial charge in [0.05, 0.1) is 11.2 Å². The van der Waals surface area contributed by atoms with Crippen molar-refractivity contribution in [2.45, 2.75) is 18.2 Å². The molecule has 0 aliphatic carbocycles. The molecule has 0 radical (unpaired) electrons. The number of nitrogens with two attached hydrogens (primary N) is 1. The number of benzene rings is 1. The molecule has 0 fully saturated rings. The van der Waals surface area contributed by atoms with Crippen molar-refractivity contribution in [2.24, 2.45) is 0 Å². The lowest BCUT2D eigenvalue weighted by atomic mass is 10.2. The summed E-state index contributed by atoms with van der Waals surface area (Å²) in [5.74, 6) is 0. The van der Waals surface area contributed by atoms with Crippen LogP contribution in [0.1, 0.15) is 12.0 Å². The van der Waals surface area contributed by atoms with Gasteiger partial charge in [-0.3, -0.25) is 0 Å². The highest BCUT2D eigenvalue weighted by molar-refractivity contribution is 7.89. The van der Waals surface area contributed by atoms with Gasteiger partial charge in [0.2, 0.25) is 20.0 Å². The predicted octanol–water partition coefficient (Wildman–Crippen LogP) is -0.205. The fourth-order valence-electron chi connectivity index (χ4n) is 1.60. The number of sulfonamides is 2. The van der Waals surface area contributed by atoms with Gasteiger partial charge < -0.3 is 5.73 Å². The quantitative estimate of drug-likeness (QED) is 0.474. The molecule has 0 spiro atoms. The molecule has 0 aliphatic heterocycles. The van der Waals surface area contributed by atoms with Crippen molar-refractivity contribution < 1.29 is 16.8 Å². The van der Waals surface area contributed by atoms with Gasteiger partial charge in [-0.2, -0.15) is 0 Å². The average Bonchev–Trinajstić information content (AvgIpc) is 2.26. The molecule has 1 rings (SSSR count). The molecule has 0 aliphatic rings. The van der Waals surface area contributed by atoms with E-state index in [1.807, 2.05) is 0 Å². The predicted molar refractivity (Wildman–Crippen MR) is 78.2 cm³/mol. The van der Waals surface area contributed by atoms with Gasteiger partial charge in [-0.15, -0.1) is 0 Å². The standard InChI is InChI=1S/C11H19N3O4S2/c1-9-8-10(12)4-5-11(9)20(17,18)14-7-3-6-13-19(2,15)16/h4-5,8,13-14H,3,6-7,12H2,1-2H3. The zero-order valence-electron chi connectivity index (χ0n) is 11.4. The minimum Gasteiger partial charge on any atom is -0.399 e. The van der Waals surface area contributed by atoms with Crippen molar-refractivity contribution in [1.29, 1.82) is 0 Å². The van der Waals surface area contributed by atoms with Crippen molar-refractivity contribution in [1.82, 2.24) is 9.44 Å². The highest BCUT2D eigenvalue weighted by Gasteiger charge is 2.15. The second-order valence-electron chi connectivity index (χ2n) is 4.44. The van der Waals surface area contributed by atoms with E-state index in [0.29, 0.717) is 17.7 Å². The molecular formula is C11H19N3O4S2. The van der Waals surface area contributed by atoms with Gasteiger partial charge in [0.1, 0.15) is 0 Å². The summed E-state index contributed by atoms with van der Waals surface area (Å²) in [7, 11) is -6.85. The highest BCUT2D eigenvalue weighted by atomic mass is 32.2. The molecule has 0 heterocycles. The van der Waals surface area contributed by atoms with E-state index in [1.165, 1.54) is 12.1 Å². The molecule has 1 aromatic rings. The van der Waals surface area contributed by atoms with Crippen LogP contribution in [-0.2, 0) is 20.0 Å². The first-order chi connectivity index (χ1) is 9.12. The van der Waals surface area contributed by atoms with E-state index in [-0.39, 0.29) is 18.0 Å². The first-order valence-electron chi connectivity index (χ1n) is 5.92. The minimum atomic E-state index is -3.61. The topological polar surface area (TPSA) is 118 Å². The van der Waals surface area contributed by atoms with Crippen LogP contribution in [0.15, 0.2) is 23.1 Å². The molecule has 9 heteroatoms. The number of nitrogens with one attached hydrogen (secondary N) is 2. The van der Waals surface area contributed by atoms with Crippen LogP contribution in [0.3, 0.4) is 0 Å². The number of rotatable bonds is 7. The van der Waals surface area contributed by atoms with Crippen molar-refractivity contribution in [2.75, 3.05) is 25.1 Å². The smallest absolute Gasteiger partial charge is 0.240 e. The van der Waals surface area contributed by atoms with Crippen molar-refractivity contribution >= 4 is 25.7 Å². The van der Waals surface area contributed by atoms with Crippen LogP contribution < -0.4 is 15.2 Å². The summed E-state index contributed by atoms with van der Waals surface area (Å²) in [5, 5.41) is 0. The van der Waals surface area contributed by atoms with E-state index >= 15 is 0 Å². The Bertz CT molecular complexity index is 669. The lowest BCUT2D eigenvalue weighted by molar-refractivity contribution is 0.574. The number of hydrogen-bond acceptors (Lipinski definition) is 5. The van der Waals surface area contributed by atoms with Crippen molar-refractivity contribution in [3.05, 3.63) is 23.8 Å². The maximum Gasteiger partial charge on any atom is 0.240 e. The van der Waals surface area contributed by atoms with Crippen LogP contribution in [-0.4, -0.2) is 36.2 Å². The van der Waals surface area contributed by atoms with E-state index in [9.17, 15) is 16.8 Å². The summed E-state index contributed by atoms with van der Waals surface area (Å²) < 4.78 is 50.4. The van der Waals surface area contributed by atoms with Crippen molar-refractivity contribution in [3.63, 3.8) is 0 Å². The van der Waals surface area contributed by atoms with E-state index in [1.54, 1.807) is 13.0 Å². The molecule has 0 saturated heterocycles. The van der Waals surface area contributed by atoms with Gasteiger partial charge in [0.15, 0.2) is 0 Å². The Morgan fingerprint density at radius 3 is 2.25 bits per heavy atom. The fraction of sp³-hybridized carbons (Fsp3) is 0.455. The van der Waals surface area contributed by atoms with Crippen LogP contribution in [0.4, 0.5) is 5.69 Å². The summed E-state index contributed by atoms with van der Waals surface area (Å²) in [4.78, 5) is 0.169. The molecule has 0 bridgehead atoms. The molecule has 0 aromatic heterocycles. The Morgan fingerprint density at radius 2 is 1.70 bits per heavy atom. The van der Waals surface area contributed by atoms with Crippen LogP contribution in [0.25, 0.3) is 0 Å². The molecule has 4 N–H and O–H groups in total. The largest absolute Gasteiger partial charge is 0.399 e. The first-order valence-corrected chi connectivity index (χ1v) is 9.30. The Kier molecular flexibility index (Phi) is 5.51. The third-order valence-corrected chi connectivity index (χ3v) is 4.85. The van der Waals surface area contributed by atoms with Gasteiger partial charge in [-0.25, -0.2) is 26.3 Å². The SMILES string of the molecule is Cc1cc(N)ccc1S(=O)(=O)NCCCNS(C)(=O)=O. The van der Waals surface area contributed by atoms with Gasteiger partial charge in [0, 0.05) is 18.8 Å². The summed E-state index contributed by atoms with van der Waals surface area (Å²) in [5.41, 5.74) is 6.63. The van der Waals surface area contributed by atoms with Crippen LogP contribution in [0.2, 0.25) is 0 Å². The number of aryl methyl sites for hydroxylation is 1. The molecule has 0 atom stereocenters. The number of nitrogen functional groups attached to an aromatic ring is 1. The summed E-state index contributed by atoms with van der Waals surface area (Å²) in [6, 6.07) is 4.55. The van der Waals surface area contributed by atoms with Gasteiger partial charge in [-0.05, 0) is 37.1 Å². The summed E-state index contributed by atoms with van der Waals surface area (Å²) in [6.45, 7) is 1.99. The molecule has 7 nitrogen and oxygen atoms in total. The Hall–Kier alpha value is -1.16. The zero-order chi connectivity index (χ0) is 15.4. The van der Waals surface area contributed by atoms with Crippen LogP contribution >= 0.6 is 0 Å². The highest BCUT2D eigenvalue weighted by Crippen LogP contribution is 2.17. The fourth-order valence-corrected chi connectivity index (χ4v) is 3.42. The van der Waals surface area contributed by atoms with E-state index in [2.05, 4.69) is 9.44 Å². The normalized spacial score (nSPS) is 12.5. The monoisotopic (exact) mass is 321 g/mol. The second-order valence-corrected chi connectivity index (χ2v) is 8.01. The molecule has 1 aromatic carbocycles. The minimum absolute atomic E-state index is 0.147. The van der Waals surface area contributed by atoms with Gasteiger partial charge in [-0.1, -0.05) is 0 Å². The molecule has 20 heavy (non-hydrogen) atoms. The average molecular weight is 321 g/mol. The van der Waals surface area contributed by atoms with E-state index in [0.717, 1.165) is 6.26 Å². The second kappa shape index (κ2) is 6.53. The molecule has 0 amide bonds.